The normalized spacial score (nSPS) is 28.1. The van der Waals surface area contributed by atoms with Crippen molar-refractivity contribution in [2.75, 3.05) is 0 Å². The van der Waals surface area contributed by atoms with Crippen molar-refractivity contribution < 1.29 is 0 Å². The Morgan fingerprint density at radius 2 is 1.79 bits per heavy atom. The van der Waals surface area contributed by atoms with E-state index < -0.39 is 0 Å². The summed E-state index contributed by atoms with van der Waals surface area (Å²) in [6.07, 6.45) is 8.93. The van der Waals surface area contributed by atoms with Gasteiger partial charge >= 0.3 is 0 Å². The molecule has 104 valence electrons. The highest BCUT2D eigenvalue weighted by atomic mass is 14.8. The first-order valence-electron chi connectivity index (χ1n) is 7.84. The van der Waals surface area contributed by atoms with E-state index in [1.807, 2.05) is 0 Å². The molecule has 0 radical (unpaired) electrons. The highest BCUT2D eigenvalue weighted by Gasteiger charge is 2.37. The van der Waals surface area contributed by atoms with Gasteiger partial charge in [-0.05, 0) is 61.0 Å². The van der Waals surface area contributed by atoms with E-state index in [1.165, 1.54) is 44.1 Å². The van der Waals surface area contributed by atoms with Gasteiger partial charge < -0.3 is 5.73 Å². The summed E-state index contributed by atoms with van der Waals surface area (Å²) < 4.78 is 0. The summed E-state index contributed by atoms with van der Waals surface area (Å²) >= 11 is 0. The van der Waals surface area contributed by atoms with Crippen molar-refractivity contribution in [3.8, 4) is 0 Å². The number of nitrogens with two attached hydrogens (primary N) is 1. The van der Waals surface area contributed by atoms with E-state index in [2.05, 4.69) is 38.1 Å². The molecule has 2 aliphatic rings. The maximum Gasteiger partial charge on any atom is 0.0196 e. The maximum absolute atomic E-state index is 6.20. The van der Waals surface area contributed by atoms with E-state index >= 15 is 0 Å². The van der Waals surface area contributed by atoms with Crippen molar-refractivity contribution in [3.05, 3.63) is 35.4 Å². The van der Waals surface area contributed by atoms with Gasteiger partial charge in [0.2, 0.25) is 0 Å². The molecule has 1 unspecified atom stereocenters. The second kappa shape index (κ2) is 4.63. The van der Waals surface area contributed by atoms with Crippen LogP contribution in [-0.4, -0.2) is 5.54 Å². The van der Waals surface area contributed by atoms with Crippen molar-refractivity contribution in [2.24, 2.45) is 11.1 Å². The molecule has 0 aliphatic heterocycles. The second-order valence-corrected chi connectivity index (χ2v) is 7.74. The molecule has 3 rings (SSSR count). The molecule has 2 saturated carbocycles. The zero-order chi connectivity index (χ0) is 13.5. The lowest BCUT2D eigenvalue weighted by Gasteiger charge is -2.35. The number of hydrogen-bond acceptors (Lipinski definition) is 1. The minimum atomic E-state index is 0.133. The fraction of sp³-hybridized carbons (Fsp3) is 0.667. The monoisotopic (exact) mass is 257 g/mol. The third kappa shape index (κ3) is 3.20. The van der Waals surface area contributed by atoms with Crippen LogP contribution in [0.2, 0.25) is 0 Å². The first-order valence-corrected chi connectivity index (χ1v) is 7.84. The Labute approximate surface area is 117 Å². The Hall–Kier alpha value is -0.820. The van der Waals surface area contributed by atoms with Crippen LogP contribution in [-0.2, 0) is 6.42 Å². The predicted octanol–water partition coefficient (Wildman–Crippen LogP) is 4.40. The molecule has 2 N–H and O–H groups in total. The third-order valence-corrected chi connectivity index (χ3v) is 5.10. The first-order chi connectivity index (χ1) is 8.96. The number of benzene rings is 1. The Bertz CT molecular complexity index is 439. The molecule has 2 aliphatic carbocycles. The van der Waals surface area contributed by atoms with E-state index in [9.17, 15) is 0 Å². The largest absolute Gasteiger partial charge is 0.325 e. The average molecular weight is 257 g/mol. The molecule has 2 fully saturated rings. The van der Waals surface area contributed by atoms with Crippen molar-refractivity contribution in [2.45, 2.75) is 70.3 Å². The standard InChI is InChI=1S/C18H27N/c1-17(2)9-3-4-16(13-17)15-7-5-14(6-8-15)12-18(19)10-11-18/h5-8,16H,3-4,9-13,19H2,1-2H3. The molecule has 19 heavy (non-hydrogen) atoms. The summed E-state index contributed by atoms with van der Waals surface area (Å²) in [6, 6.07) is 9.33. The minimum absolute atomic E-state index is 0.133. The number of rotatable bonds is 3. The van der Waals surface area contributed by atoms with E-state index in [4.69, 9.17) is 5.73 Å². The Morgan fingerprint density at radius 1 is 1.11 bits per heavy atom. The zero-order valence-corrected chi connectivity index (χ0v) is 12.4. The molecule has 1 heteroatoms. The second-order valence-electron chi connectivity index (χ2n) is 7.74. The van der Waals surface area contributed by atoms with Crippen LogP contribution in [0.3, 0.4) is 0 Å². The van der Waals surface area contributed by atoms with Gasteiger partial charge in [-0.1, -0.05) is 44.5 Å². The molecular weight excluding hydrogens is 230 g/mol. The molecule has 0 aromatic heterocycles. The molecule has 1 aromatic rings. The summed E-state index contributed by atoms with van der Waals surface area (Å²) in [7, 11) is 0. The minimum Gasteiger partial charge on any atom is -0.325 e. The van der Waals surface area contributed by atoms with Crippen molar-refractivity contribution in [3.63, 3.8) is 0 Å². The summed E-state index contributed by atoms with van der Waals surface area (Å²) in [4.78, 5) is 0. The van der Waals surface area contributed by atoms with Crippen LogP contribution >= 0.6 is 0 Å². The topological polar surface area (TPSA) is 26.0 Å². The zero-order valence-electron chi connectivity index (χ0n) is 12.4. The average Bonchev–Trinajstić information content (AvgIpc) is 3.06. The van der Waals surface area contributed by atoms with Gasteiger partial charge in [0, 0.05) is 5.54 Å². The number of hydrogen-bond donors (Lipinski definition) is 1. The lowest BCUT2D eigenvalue weighted by Crippen LogP contribution is -2.24. The van der Waals surface area contributed by atoms with Gasteiger partial charge in [-0.25, -0.2) is 0 Å². The van der Waals surface area contributed by atoms with E-state index in [0.29, 0.717) is 5.41 Å². The van der Waals surface area contributed by atoms with Gasteiger partial charge in [-0.2, -0.15) is 0 Å². The van der Waals surface area contributed by atoms with Crippen LogP contribution in [0.15, 0.2) is 24.3 Å². The highest BCUT2D eigenvalue weighted by Crippen LogP contribution is 2.43. The van der Waals surface area contributed by atoms with Crippen LogP contribution in [0.4, 0.5) is 0 Å². The van der Waals surface area contributed by atoms with Crippen LogP contribution in [0, 0.1) is 5.41 Å². The van der Waals surface area contributed by atoms with Crippen molar-refractivity contribution in [1.29, 1.82) is 0 Å². The molecule has 0 heterocycles. The third-order valence-electron chi connectivity index (χ3n) is 5.10. The van der Waals surface area contributed by atoms with Crippen molar-refractivity contribution in [1.82, 2.24) is 0 Å². The summed E-state index contributed by atoms with van der Waals surface area (Å²) in [6.45, 7) is 4.83. The molecular formula is C18H27N. The van der Waals surface area contributed by atoms with Crippen LogP contribution in [0.25, 0.3) is 0 Å². The lowest BCUT2D eigenvalue weighted by molar-refractivity contribution is 0.219. The van der Waals surface area contributed by atoms with Gasteiger partial charge in [0.15, 0.2) is 0 Å². The molecule has 1 nitrogen and oxygen atoms in total. The summed E-state index contributed by atoms with van der Waals surface area (Å²) in [5.41, 5.74) is 9.81. The maximum atomic E-state index is 6.20. The predicted molar refractivity (Wildman–Crippen MR) is 81.3 cm³/mol. The van der Waals surface area contributed by atoms with Crippen LogP contribution in [0.1, 0.15) is 69.4 Å². The van der Waals surface area contributed by atoms with Gasteiger partial charge in [-0.3, -0.25) is 0 Å². The Morgan fingerprint density at radius 3 is 2.37 bits per heavy atom. The fourth-order valence-corrected chi connectivity index (χ4v) is 3.63. The Balaban J connectivity index is 1.68. The fourth-order valence-electron chi connectivity index (χ4n) is 3.63. The molecule has 0 bridgehead atoms. The first kappa shape index (κ1) is 13.2. The van der Waals surface area contributed by atoms with Crippen molar-refractivity contribution >= 4 is 0 Å². The van der Waals surface area contributed by atoms with E-state index in [1.54, 1.807) is 5.56 Å². The highest BCUT2D eigenvalue weighted by molar-refractivity contribution is 5.28. The van der Waals surface area contributed by atoms with Gasteiger partial charge in [0.05, 0.1) is 0 Å². The van der Waals surface area contributed by atoms with Gasteiger partial charge in [0.25, 0.3) is 0 Å². The Kier molecular flexibility index (Phi) is 3.21. The van der Waals surface area contributed by atoms with Gasteiger partial charge in [-0.15, -0.1) is 0 Å². The molecule has 1 atom stereocenters. The summed E-state index contributed by atoms with van der Waals surface area (Å²) in [5.74, 6) is 0.769. The van der Waals surface area contributed by atoms with E-state index in [-0.39, 0.29) is 5.54 Å². The van der Waals surface area contributed by atoms with Gasteiger partial charge in [0.1, 0.15) is 0 Å². The molecule has 0 saturated heterocycles. The SMILES string of the molecule is CC1(C)CCCC(c2ccc(CC3(N)CC3)cc2)C1. The van der Waals surface area contributed by atoms with Crippen LogP contribution < -0.4 is 5.73 Å². The van der Waals surface area contributed by atoms with E-state index in [0.717, 1.165) is 12.3 Å². The quantitative estimate of drug-likeness (QED) is 0.853. The summed E-state index contributed by atoms with van der Waals surface area (Å²) in [5, 5.41) is 0. The van der Waals surface area contributed by atoms with Crippen LogP contribution in [0.5, 0.6) is 0 Å². The lowest BCUT2D eigenvalue weighted by atomic mass is 9.70. The molecule has 0 spiro atoms. The smallest absolute Gasteiger partial charge is 0.0196 e. The molecule has 0 amide bonds. The molecule has 1 aromatic carbocycles.